The third kappa shape index (κ3) is 5.01. The fourth-order valence-electron chi connectivity index (χ4n) is 4.36. The van der Waals surface area contributed by atoms with Crippen LogP contribution in [0.1, 0.15) is 37.9 Å². The van der Waals surface area contributed by atoms with Crippen LogP contribution >= 0.6 is 11.3 Å². The van der Waals surface area contributed by atoms with Crippen molar-refractivity contribution in [3.8, 4) is 5.75 Å². The number of imide groups is 1. The highest BCUT2D eigenvalue weighted by Gasteiger charge is 2.49. The number of ether oxygens (including phenoxy) is 1. The molecule has 0 bridgehead atoms. The standard InChI is InChI=1S/C23H29N5O4S/c1-15-5-4-10-27(11-15)12-17-14-33-21(24-17)25-19(29)13-28-20(30)23(2,26-22(28)31)16-6-8-18(32-3)9-7-16/h6-9,14-15H,4-5,10-13H2,1-3H3,(H,26,31)(H,24,25,29)/t15-,23-/m1/s1. The van der Waals surface area contributed by atoms with E-state index in [4.69, 9.17) is 4.74 Å². The molecule has 0 saturated carbocycles. The Morgan fingerprint density at radius 2 is 2.09 bits per heavy atom. The number of nitrogens with zero attached hydrogens (tertiary/aromatic N) is 3. The average molecular weight is 472 g/mol. The van der Waals surface area contributed by atoms with Crippen molar-refractivity contribution in [2.45, 2.75) is 38.8 Å². The Balaban J connectivity index is 1.36. The van der Waals surface area contributed by atoms with E-state index in [1.54, 1.807) is 38.3 Å². The van der Waals surface area contributed by atoms with E-state index in [9.17, 15) is 14.4 Å². The summed E-state index contributed by atoms with van der Waals surface area (Å²) in [7, 11) is 1.55. The van der Waals surface area contributed by atoms with Crippen LogP contribution < -0.4 is 15.4 Å². The number of methoxy groups -OCH3 is 1. The Morgan fingerprint density at radius 3 is 2.79 bits per heavy atom. The van der Waals surface area contributed by atoms with E-state index in [0.29, 0.717) is 22.4 Å². The molecule has 0 spiro atoms. The van der Waals surface area contributed by atoms with Crippen molar-refractivity contribution >= 4 is 34.3 Å². The number of piperidine rings is 1. The highest BCUT2D eigenvalue weighted by molar-refractivity contribution is 7.13. The molecule has 3 heterocycles. The summed E-state index contributed by atoms with van der Waals surface area (Å²) in [6.07, 6.45) is 2.45. The zero-order valence-electron chi connectivity index (χ0n) is 19.1. The minimum absolute atomic E-state index is 0.380. The number of aromatic nitrogens is 1. The number of urea groups is 1. The predicted octanol–water partition coefficient (Wildman–Crippen LogP) is 2.79. The van der Waals surface area contributed by atoms with E-state index in [1.165, 1.54) is 24.2 Å². The van der Waals surface area contributed by atoms with Crippen molar-refractivity contribution in [2.24, 2.45) is 5.92 Å². The molecule has 4 amide bonds. The number of amides is 4. The number of likely N-dealkylation sites (tertiary alicyclic amines) is 1. The number of hydrogen-bond acceptors (Lipinski definition) is 7. The highest BCUT2D eigenvalue weighted by Crippen LogP contribution is 2.30. The molecule has 33 heavy (non-hydrogen) atoms. The lowest BCUT2D eigenvalue weighted by Gasteiger charge is -2.30. The first-order valence-corrected chi connectivity index (χ1v) is 11.9. The van der Waals surface area contributed by atoms with E-state index < -0.39 is 23.4 Å². The minimum Gasteiger partial charge on any atom is -0.497 e. The van der Waals surface area contributed by atoms with E-state index in [0.717, 1.165) is 30.2 Å². The van der Waals surface area contributed by atoms with E-state index in [1.807, 2.05) is 5.38 Å². The van der Waals surface area contributed by atoms with Gasteiger partial charge in [-0.15, -0.1) is 11.3 Å². The maximum atomic E-state index is 13.0. The smallest absolute Gasteiger partial charge is 0.325 e. The number of rotatable bonds is 7. The first kappa shape index (κ1) is 23.2. The first-order chi connectivity index (χ1) is 15.8. The van der Waals surface area contributed by atoms with Gasteiger partial charge in [0.25, 0.3) is 5.91 Å². The van der Waals surface area contributed by atoms with Crippen LogP contribution in [-0.4, -0.2) is 59.4 Å². The van der Waals surface area contributed by atoms with E-state index in [2.05, 4.69) is 27.4 Å². The van der Waals surface area contributed by atoms with Gasteiger partial charge in [-0.25, -0.2) is 9.78 Å². The summed E-state index contributed by atoms with van der Waals surface area (Å²) in [4.78, 5) is 46.0. The van der Waals surface area contributed by atoms with Crippen molar-refractivity contribution in [3.05, 3.63) is 40.9 Å². The van der Waals surface area contributed by atoms with Crippen LogP contribution in [0.4, 0.5) is 9.93 Å². The first-order valence-electron chi connectivity index (χ1n) is 11.0. The number of nitrogens with one attached hydrogen (secondary N) is 2. The molecule has 10 heteroatoms. The van der Waals surface area contributed by atoms with E-state index >= 15 is 0 Å². The quantitative estimate of drug-likeness (QED) is 0.602. The lowest BCUT2D eigenvalue weighted by atomic mass is 9.92. The second-order valence-corrected chi connectivity index (χ2v) is 9.71. The van der Waals surface area contributed by atoms with Gasteiger partial charge in [0.05, 0.1) is 12.8 Å². The summed E-state index contributed by atoms with van der Waals surface area (Å²) in [5.41, 5.74) is 0.274. The monoisotopic (exact) mass is 471 g/mol. The molecule has 2 atom stereocenters. The maximum absolute atomic E-state index is 13.0. The third-order valence-electron chi connectivity index (χ3n) is 6.17. The number of carbonyl (C=O) groups is 3. The Morgan fingerprint density at radius 1 is 1.33 bits per heavy atom. The lowest BCUT2D eigenvalue weighted by Crippen LogP contribution is -2.42. The Bertz CT molecular complexity index is 1040. The molecule has 2 saturated heterocycles. The van der Waals surface area contributed by atoms with Crippen molar-refractivity contribution in [2.75, 3.05) is 32.1 Å². The Labute approximate surface area is 197 Å². The number of anilines is 1. The van der Waals surface area contributed by atoms with Crippen LogP contribution in [-0.2, 0) is 21.7 Å². The second-order valence-electron chi connectivity index (χ2n) is 8.85. The second kappa shape index (κ2) is 9.48. The zero-order valence-corrected chi connectivity index (χ0v) is 19.9. The molecule has 0 radical (unpaired) electrons. The molecule has 0 aliphatic carbocycles. The van der Waals surface area contributed by atoms with Crippen molar-refractivity contribution in [3.63, 3.8) is 0 Å². The molecule has 2 aliphatic rings. The normalized spacial score (nSPS) is 23.5. The van der Waals surface area contributed by atoms with Gasteiger partial charge >= 0.3 is 6.03 Å². The lowest BCUT2D eigenvalue weighted by molar-refractivity contribution is -0.133. The van der Waals surface area contributed by atoms with Gasteiger partial charge in [-0.2, -0.15) is 0 Å². The van der Waals surface area contributed by atoms with Gasteiger partial charge in [0.2, 0.25) is 5.91 Å². The largest absolute Gasteiger partial charge is 0.497 e. The molecule has 2 fully saturated rings. The summed E-state index contributed by atoms with van der Waals surface area (Å²) in [5.74, 6) is 0.383. The molecule has 2 N–H and O–H groups in total. The van der Waals surface area contributed by atoms with Crippen LogP contribution in [0, 0.1) is 5.92 Å². The average Bonchev–Trinajstić information content (AvgIpc) is 3.31. The number of carbonyl (C=O) groups excluding carboxylic acids is 3. The predicted molar refractivity (Wildman–Crippen MR) is 125 cm³/mol. The van der Waals surface area contributed by atoms with Gasteiger partial charge in [-0.3, -0.25) is 19.4 Å². The highest BCUT2D eigenvalue weighted by atomic mass is 32.1. The number of hydrogen-bond donors (Lipinski definition) is 2. The summed E-state index contributed by atoms with van der Waals surface area (Å²) >= 11 is 1.34. The van der Waals surface area contributed by atoms with Crippen LogP contribution in [0.25, 0.3) is 0 Å². The molecule has 4 rings (SSSR count). The molecule has 0 unspecified atom stereocenters. The van der Waals surface area contributed by atoms with Crippen molar-refractivity contribution in [1.82, 2.24) is 20.1 Å². The van der Waals surface area contributed by atoms with Crippen molar-refractivity contribution < 1.29 is 19.1 Å². The van der Waals surface area contributed by atoms with Crippen LogP contribution in [0.5, 0.6) is 5.75 Å². The molecule has 9 nitrogen and oxygen atoms in total. The van der Waals surface area contributed by atoms with Gasteiger partial charge in [0, 0.05) is 18.5 Å². The SMILES string of the molecule is COc1ccc([C@@]2(C)NC(=O)N(CC(=O)Nc3nc(CN4CCC[C@@H](C)C4)cs3)C2=O)cc1. The summed E-state index contributed by atoms with van der Waals surface area (Å²) in [6, 6.07) is 6.29. The molecule has 176 valence electrons. The zero-order chi connectivity index (χ0) is 23.6. The summed E-state index contributed by atoms with van der Waals surface area (Å²) in [5, 5.41) is 7.82. The molecule has 2 aliphatic heterocycles. The summed E-state index contributed by atoms with van der Waals surface area (Å²) < 4.78 is 5.15. The van der Waals surface area contributed by atoms with Crippen LogP contribution in [0.15, 0.2) is 29.6 Å². The fourth-order valence-corrected chi connectivity index (χ4v) is 5.08. The van der Waals surface area contributed by atoms with Gasteiger partial charge in [0.15, 0.2) is 5.13 Å². The maximum Gasteiger partial charge on any atom is 0.325 e. The molecular formula is C23H29N5O4S. The van der Waals surface area contributed by atoms with Crippen molar-refractivity contribution in [1.29, 1.82) is 0 Å². The molecular weight excluding hydrogens is 442 g/mol. The molecule has 1 aromatic carbocycles. The number of thiazole rings is 1. The minimum atomic E-state index is -1.25. The van der Waals surface area contributed by atoms with Gasteiger partial charge in [-0.1, -0.05) is 19.1 Å². The fraction of sp³-hybridized carbons (Fsp3) is 0.478. The molecule has 1 aromatic heterocycles. The van der Waals surface area contributed by atoms with E-state index in [-0.39, 0.29) is 6.54 Å². The molecule has 2 aromatic rings. The Kier molecular flexibility index (Phi) is 6.66. The summed E-state index contributed by atoms with van der Waals surface area (Å²) in [6.45, 7) is 6.37. The van der Waals surface area contributed by atoms with Gasteiger partial charge in [-0.05, 0) is 49.9 Å². The Hall–Kier alpha value is -2.98. The van der Waals surface area contributed by atoms with Crippen LogP contribution in [0.3, 0.4) is 0 Å². The third-order valence-corrected chi connectivity index (χ3v) is 6.98. The van der Waals surface area contributed by atoms with Gasteiger partial charge < -0.3 is 15.4 Å². The van der Waals surface area contributed by atoms with Crippen LogP contribution in [0.2, 0.25) is 0 Å². The number of benzene rings is 1. The van der Waals surface area contributed by atoms with Gasteiger partial charge in [0.1, 0.15) is 17.8 Å². The topological polar surface area (TPSA) is 104 Å².